The molecule has 0 saturated carbocycles. The first-order valence-corrected chi connectivity index (χ1v) is 9.72. The van der Waals surface area contributed by atoms with E-state index in [-0.39, 0.29) is 31.1 Å². The minimum atomic E-state index is 0. The fourth-order valence-electron chi connectivity index (χ4n) is 2.96. The molecule has 4 heteroatoms. The van der Waals surface area contributed by atoms with E-state index in [1.807, 2.05) is 58.0 Å². The SMILES string of the molecule is CC.CC.NC1=CCN=C(c2[c-]cc(C3=CCOC3)cc2)c2ccccc21.[U]. The second-order valence-corrected chi connectivity index (χ2v) is 5.63. The van der Waals surface area contributed by atoms with Gasteiger partial charge in [-0.2, -0.15) is 0 Å². The van der Waals surface area contributed by atoms with Crippen LogP contribution in [0, 0.1) is 37.2 Å². The van der Waals surface area contributed by atoms with Crippen LogP contribution in [0.1, 0.15) is 49.9 Å². The van der Waals surface area contributed by atoms with E-state index in [4.69, 9.17) is 15.5 Å². The van der Waals surface area contributed by atoms with Crippen molar-refractivity contribution in [3.8, 4) is 0 Å². The van der Waals surface area contributed by atoms with Crippen molar-refractivity contribution in [3.63, 3.8) is 0 Å². The van der Waals surface area contributed by atoms with Gasteiger partial charge in [-0.15, -0.1) is 35.4 Å². The van der Waals surface area contributed by atoms with E-state index in [0.717, 1.165) is 33.7 Å². The summed E-state index contributed by atoms with van der Waals surface area (Å²) in [5.74, 6) is 0. The Morgan fingerprint density at radius 2 is 1.68 bits per heavy atom. The molecule has 0 saturated heterocycles. The Balaban J connectivity index is 0.000000739. The first kappa shape index (κ1) is 24.4. The maximum Gasteiger partial charge on any atom is 0.0650 e. The van der Waals surface area contributed by atoms with E-state index < -0.39 is 0 Å². The number of rotatable bonds is 2. The molecule has 3 nitrogen and oxygen atoms in total. The standard InChI is InChI=1S/C20H17N2O.2C2H6.U/c21-19-9-11-22-20(18-4-2-1-3-17(18)19)15-7-5-14(6-8-15)16-10-12-23-13-16;2*1-2;/h1-7,9-10H,11-13,21H2;2*1-2H3;/q-1;;;. The van der Waals surface area contributed by atoms with Crippen LogP contribution in [0.2, 0.25) is 0 Å². The quantitative estimate of drug-likeness (QED) is 0.489. The molecule has 2 aliphatic heterocycles. The van der Waals surface area contributed by atoms with Gasteiger partial charge in [0.1, 0.15) is 0 Å². The molecule has 0 spiro atoms. The number of benzene rings is 2. The summed E-state index contributed by atoms with van der Waals surface area (Å²) in [4.78, 5) is 4.70. The summed E-state index contributed by atoms with van der Waals surface area (Å²) >= 11 is 0. The Bertz CT molecular complexity index is 836. The van der Waals surface area contributed by atoms with Crippen LogP contribution in [0.15, 0.2) is 59.6 Å². The predicted molar refractivity (Wildman–Crippen MR) is 116 cm³/mol. The summed E-state index contributed by atoms with van der Waals surface area (Å²) in [5.41, 5.74) is 13.3. The molecule has 0 atom stereocenters. The van der Waals surface area contributed by atoms with Crippen molar-refractivity contribution in [1.29, 1.82) is 0 Å². The van der Waals surface area contributed by atoms with Gasteiger partial charge in [0.15, 0.2) is 0 Å². The summed E-state index contributed by atoms with van der Waals surface area (Å²) in [6, 6.07) is 17.7. The Kier molecular flexibility index (Phi) is 11.2. The summed E-state index contributed by atoms with van der Waals surface area (Å²) in [6.07, 6.45) is 4.08. The molecule has 28 heavy (non-hydrogen) atoms. The second-order valence-electron chi connectivity index (χ2n) is 5.63. The molecule has 0 aliphatic carbocycles. The van der Waals surface area contributed by atoms with E-state index in [0.29, 0.717) is 19.8 Å². The van der Waals surface area contributed by atoms with Crippen LogP contribution in [-0.4, -0.2) is 25.5 Å². The number of fused-ring (bicyclic) bond motifs is 1. The van der Waals surface area contributed by atoms with Gasteiger partial charge in [-0.25, -0.2) is 0 Å². The maximum atomic E-state index is 6.15. The molecule has 2 aromatic carbocycles. The zero-order valence-electron chi connectivity index (χ0n) is 17.3. The molecule has 0 bridgehead atoms. The summed E-state index contributed by atoms with van der Waals surface area (Å²) in [7, 11) is 0. The second kappa shape index (κ2) is 12.8. The first-order valence-electron chi connectivity index (χ1n) is 9.72. The van der Waals surface area contributed by atoms with E-state index in [1.165, 1.54) is 5.57 Å². The molecule has 146 valence electrons. The molecule has 0 radical (unpaired) electrons. The van der Waals surface area contributed by atoms with Crippen LogP contribution < -0.4 is 5.73 Å². The summed E-state index contributed by atoms with van der Waals surface area (Å²) < 4.78 is 5.38. The third kappa shape index (κ3) is 5.70. The third-order valence-corrected chi connectivity index (χ3v) is 4.20. The van der Waals surface area contributed by atoms with Crippen LogP contribution in [0.4, 0.5) is 0 Å². The van der Waals surface area contributed by atoms with Crippen molar-refractivity contribution in [2.75, 3.05) is 19.8 Å². The van der Waals surface area contributed by atoms with Gasteiger partial charge in [0.2, 0.25) is 0 Å². The summed E-state index contributed by atoms with van der Waals surface area (Å²) in [6.45, 7) is 9.96. The normalized spacial score (nSPS) is 14.4. The van der Waals surface area contributed by atoms with E-state index in [9.17, 15) is 0 Å². The molecule has 0 aromatic heterocycles. The minimum Gasteiger partial charge on any atom is -0.398 e. The van der Waals surface area contributed by atoms with Crippen LogP contribution in [0.5, 0.6) is 0 Å². The van der Waals surface area contributed by atoms with Gasteiger partial charge in [0, 0.05) is 43.4 Å². The molecular weight excluding hydrogens is 570 g/mol. The Morgan fingerprint density at radius 1 is 0.964 bits per heavy atom. The average Bonchev–Trinajstić information content (AvgIpc) is 3.24. The number of hydrogen-bond donors (Lipinski definition) is 1. The number of hydrogen-bond acceptors (Lipinski definition) is 3. The van der Waals surface area contributed by atoms with E-state index in [1.54, 1.807) is 0 Å². The van der Waals surface area contributed by atoms with Gasteiger partial charge in [-0.1, -0.05) is 63.6 Å². The Hall–Kier alpha value is -1.60. The topological polar surface area (TPSA) is 47.6 Å². The van der Waals surface area contributed by atoms with Crippen LogP contribution >= 0.6 is 0 Å². The fourth-order valence-corrected chi connectivity index (χ4v) is 2.96. The van der Waals surface area contributed by atoms with Crippen molar-refractivity contribution in [2.24, 2.45) is 10.7 Å². The molecule has 2 aliphatic rings. The molecule has 4 rings (SSSR count). The van der Waals surface area contributed by atoms with Crippen molar-refractivity contribution < 1.29 is 35.9 Å². The molecule has 0 amide bonds. The molecular formula is C24H29N2OU-. The summed E-state index contributed by atoms with van der Waals surface area (Å²) in [5, 5.41) is 0. The predicted octanol–water partition coefficient (Wildman–Crippen LogP) is 5.10. The zero-order chi connectivity index (χ0) is 19.6. The van der Waals surface area contributed by atoms with Gasteiger partial charge in [-0.05, 0) is 22.9 Å². The molecule has 2 N–H and O–H groups in total. The number of nitrogens with two attached hydrogens (primary N) is 1. The smallest absolute Gasteiger partial charge is 0.0650 e. The molecule has 0 fully saturated rings. The first-order chi connectivity index (χ1) is 13.3. The number of nitrogens with zero attached hydrogens (tertiary/aromatic N) is 1. The molecule has 2 heterocycles. The minimum absolute atomic E-state index is 0. The molecule has 0 unspecified atom stereocenters. The van der Waals surface area contributed by atoms with Crippen LogP contribution in [0.25, 0.3) is 11.3 Å². The van der Waals surface area contributed by atoms with Crippen LogP contribution in [-0.2, 0) is 4.74 Å². The van der Waals surface area contributed by atoms with Crippen molar-refractivity contribution in [1.82, 2.24) is 0 Å². The van der Waals surface area contributed by atoms with Gasteiger partial charge >= 0.3 is 0 Å². The average molecular weight is 600 g/mol. The van der Waals surface area contributed by atoms with Crippen molar-refractivity contribution in [3.05, 3.63) is 82.9 Å². The Morgan fingerprint density at radius 3 is 2.29 bits per heavy atom. The van der Waals surface area contributed by atoms with Gasteiger partial charge in [-0.3, -0.25) is 0 Å². The van der Waals surface area contributed by atoms with Crippen molar-refractivity contribution >= 4 is 17.0 Å². The van der Waals surface area contributed by atoms with E-state index in [2.05, 4.69) is 30.3 Å². The largest absolute Gasteiger partial charge is 0.398 e. The van der Waals surface area contributed by atoms with E-state index >= 15 is 0 Å². The number of aliphatic imine (C=N–C) groups is 1. The monoisotopic (exact) mass is 599 g/mol. The Labute approximate surface area is 193 Å². The zero-order valence-corrected chi connectivity index (χ0v) is 21.4. The van der Waals surface area contributed by atoms with Gasteiger partial charge in [0.05, 0.1) is 13.2 Å². The van der Waals surface area contributed by atoms with Crippen molar-refractivity contribution in [2.45, 2.75) is 27.7 Å². The van der Waals surface area contributed by atoms with Crippen LogP contribution in [0.3, 0.4) is 0 Å². The fraction of sp³-hybridized carbons (Fsp3) is 0.292. The number of ether oxygens (including phenoxy) is 1. The molecule has 2 aromatic rings. The van der Waals surface area contributed by atoms with Gasteiger partial charge in [0.25, 0.3) is 0 Å². The maximum absolute atomic E-state index is 6.15. The van der Waals surface area contributed by atoms with Gasteiger partial charge < -0.3 is 15.5 Å². The third-order valence-electron chi connectivity index (χ3n) is 4.20.